The predicted octanol–water partition coefficient (Wildman–Crippen LogP) is 4.31. The van der Waals surface area contributed by atoms with Gasteiger partial charge in [0.25, 0.3) is 5.91 Å². The van der Waals surface area contributed by atoms with Crippen molar-refractivity contribution in [3.8, 4) is 0 Å². The van der Waals surface area contributed by atoms with Crippen LogP contribution in [0, 0.1) is 0 Å². The number of aromatic nitrogens is 1. The molecule has 0 spiro atoms. The molecule has 1 atom stereocenters. The predicted molar refractivity (Wildman–Crippen MR) is 123 cm³/mol. The maximum atomic E-state index is 12.7. The molecule has 0 saturated carbocycles. The summed E-state index contributed by atoms with van der Waals surface area (Å²) in [5.74, 6) is -0.262. The zero-order valence-electron chi connectivity index (χ0n) is 17.9. The number of nitrogens with zero attached hydrogens (tertiary/aromatic N) is 3. The molecule has 1 fully saturated rings. The number of rotatable bonds is 6. The summed E-state index contributed by atoms with van der Waals surface area (Å²) in [6.07, 6.45) is 4.18. The van der Waals surface area contributed by atoms with Gasteiger partial charge in [-0.3, -0.25) is 14.7 Å². The Labute approximate surface area is 191 Å². The Morgan fingerprint density at radius 3 is 2.42 bits per heavy atom. The lowest BCUT2D eigenvalue weighted by atomic mass is 10.00. The number of amides is 2. The van der Waals surface area contributed by atoms with Crippen molar-refractivity contribution in [1.29, 1.82) is 0 Å². The molecule has 3 aromatic rings. The quantitative estimate of drug-likeness (QED) is 0.335. The van der Waals surface area contributed by atoms with Crippen molar-refractivity contribution in [3.63, 3.8) is 0 Å². The summed E-state index contributed by atoms with van der Waals surface area (Å²) in [6.45, 7) is 0.694. The molecule has 4 rings (SSSR count). The average molecular weight is 444 g/mol. The second-order valence-corrected chi connectivity index (χ2v) is 7.64. The van der Waals surface area contributed by atoms with E-state index in [0.717, 1.165) is 12.0 Å². The molecule has 0 radical (unpaired) electrons. The third-order valence-corrected chi connectivity index (χ3v) is 5.50. The van der Waals surface area contributed by atoms with Gasteiger partial charge in [-0.2, -0.15) is 0 Å². The van der Waals surface area contributed by atoms with Gasteiger partial charge < -0.3 is 15.3 Å². The minimum Gasteiger partial charge on any atom is -0.445 e. The first kappa shape index (κ1) is 22.0. The Balaban J connectivity index is 1.42. The first-order valence-electron chi connectivity index (χ1n) is 10.7. The summed E-state index contributed by atoms with van der Waals surface area (Å²) < 4.78 is 5.47. The summed E-state index contributed by atoms with van der Waals surface area (Å²) in [4.78, 5) is 30.7. The van der Waals surface area contributed by atoms with Crippen LogP contribution in [0.4, 0.5) is 10.5 Å². The van der Waals surface area contributed by atoms with Crippen LogP contribution in [-0.4, -0.2) is 45.4 Å². The number of hydrogen-bond donors (Lipinski definition) is 2. The van der Waals surface area contributed by atoms with E-state index in [-0.39, 0.29) is 12.5 Å². The van der Waals surface area contributed by atoms with Crippen molar-refractivity contribution in [2.75, 3.05) is 11.9 Å². The van der Waals surface area contributed by atoms with Crippen LogP contribution in [0.2, 0.25) is 0 Å². The lowest BCUT2D eigenvalue weighted by Gasteiger charge is -2.25. The summed E-state index contributed by atoms with van der Waals surface area (Å²) in [7, 11) is 0. The number of nitrogens with one attached hydrogen (secondary N) is 1. The largest absolute Gasteiger partial charge is 0.445 e. The maximum Gasteiger partial charge on any atom is 0.410 e. The SMILES string of the molecule is O=C(Nc1ccncc1)c1ccc(/C(=N\O)C2CCCN2C(=O)OCc2ccccc2)cc1. The zero-order chi connectivity index (χ0) is 23.0. The molecule has 0 bridgehead atoms. The molecular weight excluding hydrogens is 420 g/mol. The Hall–Kier alpha value is -4.20. The van der Waals surface area contributed by atoms with Gasteiger partial charge in [0, 0.05) is 35.8 Å². The van der Waals surface area contributed by atoms with Crippen LogP contribution >= 0.6 is 0 Å². The van der Waals surface area contributed by atoms with E-state index in [1.165, 1.54) is 0 Å². The minimum atomic E-state index is -0.448. The van der Waals surface area contributed by atoms with Gasteiger partial charge in [-0.05, 0) is 42.7 Å². The van der Waals surface area contributed by atoms with E-state index < -0.39 is 12.1 Å². The molecule has 1 saturated heterocycles. The number of oxime groups is 1. The van der Waals surface area contributed by atoms with Gasteiger partial charge >= 0.3 is 6.09 Å². The lowest BCUT2D eigenvalue weighted by molar-refractivity contribution is 0.0988. The zero-order valence-corrected chi connectivity index (χ0v) is 17.9. The fourth-order valence-electron chi connectivity index (χ4n) is 3.82. The normalized spacial score (nSPS) is 15.8. The number of likely N-dealkylation sites (tertiary alicyclic amines) is 1. The lowest BCUT2D eigenvalue weighted by Crippen LogP contribution is -2.41. The number of benzene rings is 2. The van der Waals surface area contributed by atoms with Crippen LogP contribution in [0.5, 0.6) is 0 Å². The van der Waals surface area contributed by atoms with Crippen LogP contribution in [-0.2, 0) is 11.3 Å². The van der Waals surface area contributed by atoms with Crippen LogP contribution < -0.4 is 5.32 Å². The first-order valence-corrected chi connectivity index (χ1v) is 10.7. The Kier molecular flexibility index (Phi) is 6.94. The second kappa shape index (κ2) is 10.4. The highest BCUT2D eigenvalue weighted by Crippen LogP contribution is 2.24. The van der Waals surface area contributed by atoms with Crippen molar-refractivity contribution in [3.05, 3.63) is 95.8 Å². The van der Waals surface area contributed by atoms with Gasteiger partial charge in [0.15, 0.2) is 0 Å². The molecule has 2 amide bonds. The van der Waals surface area contributed by atoms with Gasteiger partial charge in [-0.15, -0.1) is 0 Å². The third-order valence-electron chi connectivity index (χ3n) is 5.50. The Morgan fingerprint density at radius 2 is 1.73 bits per heavy atom. The van der Waals surface area contributed by atoms with Crippen molar-refractivity contribution in [2.45, 2.75) is 25.5 Å². The van der Waals surface area contributed by atoms with Gasteiger partial charge in [0.05, 0.1) is 6.04 Å². The van der Waals surface area contributed by atoms with Gasteiger partial charge in [-0.25, -0.2) is 4.79 Å². The van der Waals surface area contributed by atoms with E-state index in [1.54, 1.807) is 53.7 Å². The van der Waals surface area contributed by atoms with E-state index in [4.69, 9.17) is 4.74 Å². The molecule has 2 heterocycles. The monoisotopic (exact) mass is 444 g/mol. The standard InChI is InChI=1S/C25H24N4O4/c30-24(27-21-12-14-26-15-13-21)20-10-8-19(9-11-20)23(28-32)22-7-4-16-29(22)25(31)33-17-18-5-2-1-3-6-18/h1-3,5-6,8-15,22,32H,4,7,16-17H2,(H,26,27,30)/b28-23+. The minimum absolute atomic E-state index is 0.176. The van der Waals surface area contributed by atoms with Crippen LogP contribution in [0.25, 0.3) is 0 Å². The molecule has 1 aromatic heterocycles. The molecule has 33 heavy (non-hydrogen) atoms. The molecule has 168 valence electrons. The third kappa shape index (κ3) is 5.35. The topological polar surface area (TPSA) is 104 Å². The first-order chi connectivity index (χ1) is 16.2. The molecule has 1 aliphatic heterocycles. The van der Waals surface area contributed by atoms with E-state index in [0.29, 0.717) is 35.5 Å². The summed E-state index contributed by atoms with van der Waals surface area (Å²) >= 11 is 0. The smallest absolute Gasteiger partial charge is 0.410 e. The number of ether oxygens (including phenoxy) is 1. The molecule has 0 aliphatic carbocycles. The number of pyridine rings is 1. The molecule has 8 heteroatoms. The molecule has 8 nitrogen and oxygen atoms in total. The Bertz CT molecular complexity index is 1120. The highest BCUT2D eigenvalue weighted by atomic mass is 16.6. The maximum absolute atomic E-state index is 12.7. The van der Waals surface area contributed by atoms with Crippen LogP contribution in [0.15, 0.2) is 84.3 Å². The molecule has 1 aliphatic rings. The fraction of sp³-hybridized carbons (Fsp3) is 0.200. The van der Waals surface area contributed by atoms with Crippen LogP contribution in [0.3, 0.4) is 0 Å². The molecule has 2 aromatic carbocycles. The number of anilines is 1. The van der Waals surface area contributed by atoms with E-state index in [9.17, 15) is 14.8 Å². The Morgan fingerprint density at radius 1 is 1.03 bits per heavy atom. The van der Waals surface area contributed by atoms with E-state index >= 15 is 0 Å². The summed E-state index contributed by atoms with van der Waals surface area (Å²) in [6, 6.07) is 19.2. The highest BCUT2D eigenvalue weighted by Gasteiger charge is 2.34. The van der Waals surface area contributed by atoms with Gasteiger partial charge in [0.2, 0.25) is 0 Å². The number of carbonyl (C=O) groups is 2. The number of hydrogen-bond acceptors (Lipinski definition) is 6. The second-order valence-electron chi connectivity index (χ2n) is 7.64. The van der Waals surface area contributed by atoms with E-state index in [1.807, 2.05) is 30.3 Å². The van der Waals surface area contributed by atoms with Crippen LogP contribution in [0.1, 0.15) is 34.3 Å². The van der Waals surface area contributed by atoms with Crippen molar-refractivity contribution in [2.24, 2.45) is 5.16 Å². The summed E-state index contributed by atoms with van der Waals surface area (Å²) in [5, 5.41) is 16.0. The van der Waals surface area contributed by atoms with Gasteiger partial charge in [0.1, 0.15) is 12.3 Å². The van der Waals surface area contributed by atoms with E-state index in [2.05, 4.69) is 15.5 Å². The highest BCUT2D eigenvalue weighted by molar-refractivity contribution is 6.07. The summed E-state index contributed by atoms with van der Waals surface area (Å²) in [5.41, 5.74) is 3.00. The van der Waals surface area contributed by atoms with Crippen molar-refractivity contribution in [1.82, 2.24) is 9.88 Å². The van der Waals surface area contributed by atoms with Gasteiger partial charge in [-0.1, -0.05) is 47.6 Å². The fourth-order valence-corrected chi connectivity index (χ4v) is 3.82. The number of carbonyl (C=O) groups excluding carboxylic acids is 2. The van der Waals surface area contributed by atoms with Crippen molar-refractivity contribution < 1.29 is 19.5 Å². The molecule has 2 N–H and O–H groups in total. The molecular formula is C25H24N4O4. The molecule has 1 unspecified atom stereocenters. The average Bonchev–Trinajstić information content (AvgIpc) is 3.34. The van der Waals surface area contributed by atoms with Crippen molar-refractivity contribution >= 4 is 23.4 Å².